The number of urea groups is 1. The van der Waals surface area contributed by atoms with Gasteiger partial charge in [0, 0.05) is 23.3 Å². The van der Waals surface area contributed by atoms with Crippen molar-refractivity contribution in [3.8, 4) is 0 Å². The van der Waals surface area contributed by atoms with Crippen LogP contribution in [0.15, 0.2) is 22.7 Å². The summed E-state index contributed by atoms with van der Waals surface area (Å²) in [5.41, 5.74) is 1.86. The van der Waals surface area contributed by atoms with Gasteiger partial charge < -0.3 is 15.4 Å². The number of carbonyl (C=O) groups is 1. The molecule has 2 atom stereocenters. The molecular weight excluding hydrogens is 320 g/mol. The number of hydrogen-bond acceptors (Lipinski definition) is 2. The van der Waals surface area contributed by atoms with Crippen LogP contribution in [0.2, 0.25) is 0 Å². The molecule has 1 saturated heterocycles. The fraction of sp³-hybridized carbons (Fsp3) is 0.533. The summed E-state index contributed by atoms with van der Waals surface area (Å²) < 4.78 is 6.50. The monoisotopic (exact) mass is 340 g/mol. The molecule has 0 radical (unpaired) electrons. The van der Waals surface area contributed by atoms with Crippen molar-refractivity contribution in [1.29, 1.82) is 0 Å². The molecule has 0 aliphatic carbocycles. The van der Waals surface area contributed by atoms with Gasteiger partial charge >= 0.3 is 6.03 Å². The number of carbonyl (C=O) groups excluding carboxylic acids is 1. The van der Waals surface area contributed by atoms with E-state index in [1.807, 2.05) is 25.1 Å². The van der Waals surface area contributed by atoms with Gasteiger partial charge in [0.2, 0.25) is 0 Å². The molecule has 2 rings (SSSR count). The molecule has 4 nitrogen and oxygen atoms in total. The van der Waals surface area contributed by atoms with Crippen LogP contribution < -0.4 is 10.6 Å². The highest BCUT2D eigenvalue weighted by atomic mass is 79.9. The lowest BCUT2D eigenvalue weighted by Crippen LogP contribution is -2.36. The lowest BCUT2D eigenvalue weighted by molar-refractivity contribution is 0.00354. The molecule has 1 aromatic carbocycles. The summed E-state index contributed by atoms with van der Waals surface area (Å²) in [6.07, 6.45) is 2.32. The van der Waals surface area contributed by atoms with E-state index < -0.39 is 0 Å². The number of halogens is 1. The molecule has 1 heterocycles. The standard InChI is InChI=1S/C15H21BrN2O2/c1-10-8-12(6-7-20-10)9-17-15(19)18-14-5-3-4-13(16)11(14)2/h3-5,10,12H,6-9H2,1-2H3,(H2,17,18,19)/t10-,12-/m0/s1. The third-order valence-corrected chi connectivity index (χ3v) is 4.52. The largest absolute Gasteiger partial charge is 0.378 e. The zero-order chi connectivity index (χ0) is 14.5. The Balaban J connectivity index is 1.82. The van der Waals surface area contributed by atoms with Crippen molar-refractivity contribution in [2.45, 2.75) is 32.8 Å². The lowest BCUT2D eigenvalue weighted by Gasteiger charge is -2.27. The quantitative estimate of drug-likeness (QED) is 0.881. The number of amides is 2. The minimum absolute atomic E-state index is 0.148. The fourth-order valence-electron chi connectivity index (χ4n) is 2.42. The Morgan fingerprint density at radius 1 is 1.50 bits per heavy atom. The Bertz CT molecular complexity index is 479. The highest BCUT2D eigenvalue weighted by molar-refractivity contribution is 9.10. The first-order chi connectivity index (χ1) is 9.56. The van der Waals surface area contributed by atoms with Gasteiger partial charge in [-0.15, -0.1) is 0 Å². The van der Waals surface area contributed by atoms with Crippen molar-refractivity contribution < 1.29 is 9.53 Å². The van der Waals surface area contributed by atoms with Crippen LogP contribution in [0.25, 0.3) is 0 Å². The van der Waals surface area contributed by atoms with E-state index in [9.17, 15) is 4.79 Å². The Kier molecular flexibility index (Phi) is 5.43. The number of rotatable bonds is 3. The second kappa shape index (κ2) is 7.09. The van der Waals surface area contributed by atoms with E-state index in [0.717, 1.165) is 35.2 Å². The van der Waals surface area contributed by atoms with Crippen molar-refractivity contribution in [3.63, 3.8) is 0 Å². The van der Waals surface area contributed by atoms with Crippen molar-refractivity contribution >= 4 is 27.6 Å². The Hall–Kier alpha value is -1.07. The molecule has 0 unspecified atom stereocenters. The average Bonchev–Trinajstić information content (AvgIpc) is 2.42. The first-order valence-corrected chi connectivity index (χ1v) is 7.77. The molecule has 1 aliphatic rings. The third kappa shape index (κ3) is 4.21. The van der Waals surface area contributed by atoms with Crippen LogP contribution in [0.5, 0.6) is 0 Å². The van der Waals surface area contributed by atoms with E-state index >= 15 is 0 Å². The molecule has 20 heavy (non-hydrogen) atoms. The smallest absolute Gasteiger partial charge is 0.319 e. The number of benzene rings is 1. The van der Waals surface area contributed by atoms with Gasteiger partial charge in [-0.1, -0.05) is 22.0 Å². The SMILES string of the molecule is Cc1c(Br)cccc1NC(=O)NC[C@H]1CCO[C@@H](C)C1. The van der Waals surface area contributed by atoms with E-state index in [4.69, 9.17) is 4.74 Å². The van der Waals surface area contributed by atoms with Crippen molar-refractivity contribution in [2.24, 2.45) is 5.92 Å². The first kappa shape index (κ1) is 15.3. The Morgan fingerprint density at radius 3 is 3.05 bits per heavy atom. The maximum atomic E-state index is 11.9. The number of nitrogens with one attached hydrogen (secondary N) is 2. The molecule has 1 fully saturated rings. The number of hydrogen-bond donors (Lipinski definition) is 2. The second-order valence-electron chi connectivity index (χ2n) is 5.32. The first-order valence-electron chi connectivity index (χ1n) is 6.98. The molecular formula is C15H21BrN2O2. The fourth-order valence-corrected chi connectivity index (χ4v) is 2.79. The van der Waals surface area contributed by atoms with Gasteiger partial charge in [0.25, 0.3) is 0 Å². The zero-order valence-electron chi connectivity index (χ0n) is 11.9. The average molecular weight is 341 g/mol. The van der Waals surface area contributed by atoms with Crippen LogP contribution >= 0.6 is 15.9 Å². The van der Waals surface area contributed by atoms with Crippen molar-refractivity contribution in [2.75, 3.05) is 18.5 Å². The van der Waals surface area contributed by atoms with E-state index in [1.54, 1.807) is 0 Å². The van der Waals surface area contributed by atoms with Crippen LogP contribution in [0.1, 0.15) is 25.3 Å². The topological polar surface area (TPSA) is 50.4 Å². The molecule has 1 aromatic rings. The Labute approximate surface area is 128 Å². The van der Waals surface area contributed by atoms with Gasteiger partial charge in [0.15, 0.2) is 0 Å². The van der Waals surface area contributed by atoms with Gasteiger partial charge in [-0.2, -0.15) is 0 Å². The molecule has 0 spiro atoms. The zero-order valence-corrected chi connectivity index (χ0v) is 13.5. The minimum atomic E-state index is -0.148. The maximum Gasteiger partial charge on any atom is 0.319 e. The van der Waals surface area contributed by atoms with Crippen LogP contribution in [0.4, 0.5) is 10.5 Å². The summed E-state index contributed by atoms with van der Waals surface area (Å²) in [6.45, 7) is 5.55. The summed E-state index contributed by atoms with van der Waals surface area (Å²) in [6, 6.07) is 5.62. The van der Waals surface area contributed by atoms with Gasteiger partial charge in [0.1, 0.15) is 0 Å². The predicted octanol–water partition coefficient (Wildman–Crippen LogP) is 3.69. The molecule has 5 heteroatoms. The molecule has 0 aromatic heterocycles. The number of ether oxygens (including phenoxy) is 1. The summed E-state index contributed by atoms with van der Waals surface area (Å²) >= 11 is 3.46. The highest BCUT2D eigenvalue weighted by Crippen LogP contribution is 2.23. The van der Waals surface area contributed by atoms with Gasteiger partial charge in [0.05, 0.1) is 6.10 Å². The molecule has 0 bridgehead atoms. The van der Waals surface area contributed by atoms with Crippen LogP contribution in [0, 0.1) is 12.8 Å². The summed E-state index contributed by atoms with van der Waals surface area (Å²) in [5, 5.41) is 5.84. The second-order valence-corrected chi connectivity index (χ2v) is 6.17. The van der Waals surface area contributed by atoms with E-state index in [2.05, 4.69) is 33.5 Å². The molecule has 1 aliphatic heterocycles. The van der Waals surface area contributed by atoms with E-state index in [-0.39, 0.29) is 6.03 Å². The molecule has 110 valence electrons. The van der Waals surface area contributed by atoms with Crippen molar-refractivity contribution in [1.82, 2.24) is 5.32 Å². The summed E-state index contributed by atoms with van der Waals surface area (Å²) in [7, 11) is 0. The highest BCUT2D eigenvalue weighted by Gasteiger charge is 2.19. The maximum absolute atomic E-state index is 11.9. The van der Waals surface area contributed by atoms with Crippen molar-refractivity contribution in [3.05, 3.63) is 28.2 Å². The minimum Gasteiger partial charge on any atom is -0.378 e. The van der Waals surface area contributed by atoms with E-state index in [1.165, 1.54) is 0 Å². The lowest BCUT2D eigenvalue weighted by atomic mass is 9.96. The molecule has 2 amide bonds. The third-order valence-electron chi connectivity index (χ3n) is 3.66. The van der Waals surface area contributed by atoms with E-state index in [0.29, 0.717) is 18.6 Å². The molecule has 0 saturated carbocycles. The normalized spacial score (nSPS) is 22.4. The van der Waals surface area contributed by atoms with Crippen LogP contribution in [-0.2, 0) is 4.74 Å². The van der Waals surface area contributed by atoms with Crippen LogP contribution in [0.3, 0.4) is 0 Å². The summed E-state index contributed by atoms with van der Waals surface area (Å²) in [4.78, 5) is 11.9. The number of anilines is 1. The van der Waals surface area contributed by atoms with Gasteiger partial charge in [-0.3, -0.25) is 0 Å². The summed E-state index contributed by atoms with van der Waals surface area (Å²) in [5.74, 6) is 0.508. The van der Waals surface area contributed by atoms with Gasteiger partial charge in [-0.05, 0) is 50.3 Å². The predicted molar refractivity (Wildman–Crippen MR) is 84.0 cm³/mol. The Morgan fingerprint density at radius 2 is 2.30 bits per heavy atom. The molecule has 2 N–H and O–H groups in total. The van der Waals surface area contributed by atoms with Crippen LogP contribution in [-0.4, -0.2) is 25.3 Å². The van der Waals surface area contributed by atoms with Gasteiger partial charge in [-0.25, -0.2) is 4.79 Å².